The Hall–Kier alpha value is -1.09. The maximum absolute atomic E-state index is 13.5. The van der Waals surface area contributed by atoms with Crippen molar-refractivity contribution < 1.29 is 14.3 Å². The summed E-state index contributed by atoms with van der Waals surface area (Å²) in [7, 11) is 0. The Balaban J connectivity index is 3.39. The van der Waals surface area contributed by atoms with Crippen molar-refractivity contribution in [2.75, 3.05) is 0 Å². The smallest absolute Gasteiger partial charge is 0.310 e. The third-order valence-electron chi connectivity index (χ3n) is 2.81. The van der Waals surface area contributed by atoms with Crippen molar-refractivity contribution in [2.24, 2.45) is 0 Å². The van der Waals surface area contributed by atoms with Gasteiger partial charge in [0, 0.05) is 10.6 Å². The number of benzene rings is 1. The fourth-order valence-corrected chi connectivity index (χ4v) is 1.95. The summed E-state index contributed by atoms with van der Waals surface area (Å²) in [5.74, 6) is -2.11. The summed E-state index contributed by atoms with van der Waals surface area (Å²) in [6, 6.07) is 1.28. The summed E-state index contributed by atoms with van der Waals surface area (Å²) in [6.45, 7) is 5.05. The second kappa shape index (κ2) is 4.83. The van der Waals surface area contributed by atoms with E-state index in [2.05, 4.69) is 0 Å². The lowest BCUT2D eigenvalue weighted by molar-refractivity contribution is -0.138. The summed E-state index contributed by atoms with van der Waals surface area (Å²) in [6.07, 6.45) is 0.412. The lowest BCUT2D eigenvalue weighted by atomic mass is 9.91. The van der Waals surface area contributed by atoms with Gasteiger partial charge in [-0.1, -0.05) is 18.5 Å². The topological polar surface area (TPSA) is 37.3 Å². The molecule has 16 heavy (non-hydrogen) atoms. The van der Waals surface area contributed by atoms with Gasteiger partial charge in [-0.15, -0.1) is 0 Å². The largest absolute Gasteiger partial charge is 0.481 e. The van der Waals surface area contributed by atoms with E-state index >= 15 is 0 Å². The number of hydrogen-bond acceptors (Lipinski definition) is 1. The van der Waals surface area contributed by atoms with Crippen LogP contribution in [-0.2, 0) is 4.79 Å². The zero-order chi connectivity index (χ0) is 12.5. The highest BCUT2D eigenvalue weighted by molar-refractivity contribution is 6.32. The predicted octanol–water partition coefficient (Wildman–Crippen LogP) is 3.67. The molecule has 2 nitrogen and oxygen atoms in total. The number of hydrogen-bond donors (Lipinski definition) is 1. The van der Waals surface area contributed by atoms with Crippen LogP contribution >= 0.6 is 11.6 Å². The zero-order valence-electron chi connectivity index (χ0n) is 9.47. The molecule has 0 radical (unpaired) electrons. The van der Waals surface area contributed by atoms with Crippen LogP contribution in [0.2, 0.25) is 5.02 Å². The van der Waals surface area contributed by atoms with Gasteiger partial charge in [-0.25, -0.2) is 4.39 Å². The summed E-state index contributed by atoms with van der Waals surface area (Å²) >= 11 is 5.96. The molecule has 0 aliphatic rings. The number of carboxylic acid groups (broad SMARTS) is 1. The fourth-order valence-electron chi connectivity index (χ4n) is 1.76. The molecule has 0 aliphatic heterocycles. The normalized spacial score (nSPS) is 12.6. The Bertz CT molecular complexity index is 430. The first-order valence-electron chi connectivity index (χ1n) is 5.08. The second-order valence-corrected chi connectivity index (χ2v) is 4.19. The van der Waals surface area contributed by atoms with Gasteiger partial charge in [-0.2, -0.15) is 0 Å². The lowest BCUT2D eigenvalue weighted by Gasteiger charge is -2.16. The van der Waals surface area contributed by atoms with E-state index in [0.29, 0.717) is 28.1 Å². The van der Waals surface area contributed by atoms with E-state index in [4.69, 9.17) is 16.7 Å². The van der Waals surface area contributed by atoms with Crippen molar-refractivity contribution in [2.45, 2.75) is 33.1 Å². The molecule has 0 amide bonds. The average molecular weight is 245 g/mol. The van der Waals surface area contributed by atoms with Gasteiger partial charge in [0.1, 0.15) is 5.82 Å². The molecule has 0 aromatic heterocycles. The second-order valence-electron chi connectivity index (χ2n) is 3.81. The highest BCUT2D eigenvalue weighted by atomic mass is 35.5. The maximum Gasteiger partial charge on any atom is 0.310 e. The molecule has 0 bridgehead atoms. The first-order valence-corrected chi connectivity index (χ1v) is 5.45. The van der Waals surface area contributed by atoms with E-state index in [1.807, 2.05) is 0 Å². The van der Waals surface area contributed by atoms with Gasteiger partial charge in [0.25, 0.3) is 0 Å². The van der Waals surface area contributed by atoms with Crippen LogP contribution in [0, 0.1) is 19.7 Å². The highest BCUT2D eigenvalue weighted by Crippen LogP contribution is 2.32. The molecule has 0 saturated carbocycles. The highest BCUT2D eigenvalue weighted by Gasteiger charge is 2.22. The SMILES string of the molecule is CCC(C(=O)O)c1cc(F)c(C)c(Cl)c1C. The first-order chi connectivity index (χ1) is 7.40. The van der Waals surface area contributed by atoms with Crippen LogP contribution in [-0.4, -0.2) is 11.1 Å². The molecule has 0 saturated heterocycles. The van der Waals surface area contributed by atoms with Crippen molar-refractivity contribution in [1.29, 1.82) is 0 Å². The van der Waals surface area contributed by atoms with Gasteiger partial charge in [-0.3, -0.25) is 4.79 Å². The molecule has 0 fully saturated rings. The minimum absolute atomic E-state index is 0.315. The summed E-state index contributed by atoms with van der Waals surface area (Å²) in [5.41, 5.74) is 1.47. The molecular weight excluding hydrogens is 231 g/mol. The Kier molecular flexibility index (Phi) is 3.92. The van der Waals surface area contributed by atoms with E-state index in [1.165, 1.54) is 6.07 Å². The minimum Gasteiger partial charge on any atom is -0.481 e. The van der Waals surface area contributed by atoms with Crippen LogP contribution in [0.5, 0.6) is 0 Å². The molecule has 0 aliphatic carbocycles. The van der Waals surface area contributed by atoms with Crippen LogP contribution in [0.15, 0.2) is 6.07 Å². The summed E-state index contributed by atoms with van der Waals surface area (Å²) < 4.78 is 13.5. The van der Waals surface area contributed by atoms with Crippen molar-refractivity contribution in [1.82, 2.24) is 0 Å². The van der Waals surface area contributed by atoms with Gasteiger partial charge in [-0.05, 0) is 37.5 Å². The van der Waals surface area contributed by atoms with E-state index in [-0.39, 0.29) is 0 Å². The van der Waals surface area contributed by atoms with Crippen LogP contribution in [0.25, 0.3) is 0 Å². The minimum atomic E-state index is -0.954. The standard InChI is InChI=1S/C12H14ClFO2/c1-4-8(12(15)16)9-5-10(14)7(3)11(13)6(9)2/h5,8H,4H2,1-3H3,(H,15,16). The van der Waals surface area contributed by atoms with Gasteiger partial charge in [0.2, 0.25) is 0 Å². The summed E-state index contributed by atoms with van der Waals surface area (Å²) in [5, 5.41) is 9.35. The Morgan fingerprint density at radius 3 is 2.50 bits per heavy atom. The van der Waals surface area contributed by atoms with Crippen molar-refractivity contribution >= 4 is 17.6 Å². The molecule has 0 heterocycles. The summed E-state index contributed by atoms with van der Waals surface area (Å²) in [4.78, 5) is 11.0. The molecule has 1 aromatic carbocycles. The Morgan fingerprint density at radius 1 is 1.50 bits per heavy atom. The molecule has 1 aromatic rings. The number of carbonyl (C=O) groups is 1. The zero-order valence-corrected chi connectivity index (χ0v) is 10.2. The van der Waals surface area contributed by atoms with Crippen LogP contribution in [0.4, 0.5) is 4.39 Å². The van der Waals surface area contributed by atoms with Crippen molar-refractivity contribution in [3.05, 3.63) is 33.6 Å². The fraction of sp³-hybridized carbons (Fsp3) is 0.417. The average Bonchev–Trinajstić information content (AvgIpc) is 2.23. The van der Waals surface area contributed by atoms with E-state index in [0.717, 1.165) is 0 Å². The first kappa shape index (κ1) is 13.0. The molecule has 1 unspecified atom stereocenters. The molecule has 0 spiro atoms. The van der Waals surface area contributed by atoms with Crippen molar-refractivity contribution in [3.8, 4) is 0 Å². The van der Waals surface area contributed by atoms with Gasteiger partial charge in [0.05, 0.1) is 5.92 Å². The molecule has 1 rings (SSSR count). The molecule has 1 N–H and O–H groups in total. The third kappa shape index (κ3) is 2.19. The predicted molar refractivity (Wildman–Crippen MR) is 61.6 cm³/mol. The lowest BCUT2D eigenvalue weighted by Crippen LogP contribution is -2.13. The number of rotatable bonds is 3. The van der Waals surface area contributed by atoms with E-state index < -0.39 is 17.7 Å². The molecule has 88 valence electrons. The van der Waals surface area contributed by atoms with Crippen LogP contribution < -0.4 is 0 Å². The third-order valence-corrected chi connectivity index (χ3v) is 3.38. The Labute approximate surface area is 99.0 Å². The Morgan fingerprint density at radius 2 is 2.06 bits per heavy atom. The van der Waals surface area contributed by atoms with Gasteiger partial charge in [0.15, 0.2) is 0 Å². The van der Waals surface area contributed by atoms with Crippen molar-refractivity contribution in [3.63, 3.8) is 0 Å². The van der Waals surface area contributed by atoms with Gasteiger partial charge >= 0.3 is 5.97 Å². The molecule has 1 atom stereocenters. The number of halogens is 2. The van der Waals surface area contributed by atoms with E-state index in [9.17, 15) is 9.18 Å². The van der Waals surface area contributed by atoms with Crippen LogP contribution in [0.1, 0.15) is 36.0 Å². The quantitative estimate of drug-likeness (QED) is 0.881. The number of carboxylic acids is 1. The molecular formula is C12H14ClFO2. The van der Waals surface area contributed by atoms with Gasteiger partial charge < -0.3 is 5.11 Å². The number of aliphatic carboxylic acids is 1. The molecule has 4 heteroatoms. The monoisotopic (exact) mass is 244 g/mol. The van der Waals surface area contributed by atoms with E-state index in [1.54, 1.807) is 20.8 Å². The maximum atomic E-state index is 13.5. The van der Waals surface area contributed by atoms with Crippen LogP contribution in [0.3, 0.4) is 0 Å².